The molecule has 3 aromatic rings. The fourth-order valence-corrected chi connectivity index (χ4v) is 2.52. The van der Waals surface area contributed by atoms with Gasteiger partial charge in [0.1, 0.15) is 11.6 Å². The fraction of sp³-hybridized carbons (Fsp3) is 0.118. The van der Waals surface area contributed by atoms with Gasteiger partial charge in [-0.15, -0.1) is 0 Å². The molecule has 0 aliphatic carbocycles. The molecule has 3 rings (SSSR count). The monoisotopic (exact) mass is 277 g/mol. The Morgan fingerprint density at radius 3 is 2.33 bits per heavy atom. The van der Waals surface area contributed by atoms with Gasteiger partial charge in [-0.1, -0.05) is 36.4 Å². The third-order valence-corrected chi connectivity index (χ3v) is 3.44. The highest BCUT2D eigenvalue weighted by Crippen LogP contribution is 2.21. The van der Waals surface area contributed by atoms with Crippen LogP contribution in [0.2, 0.25) is 0 Å². The van der Waals surface area contributed by atoms with Crippen molar-refractivity contribution < 1.29 is 0 Å². The van der Waals surface area contributed by atoms with Gasteiger partial charge in [-0.25, -0.2) is 4.98 Å². The zero-order chi connectivity index (χ0) is 14.8. The van der Waals surface area contributed by atoms with Crippen LogP contribution in [0.5, 0.6) is 0 Å². The molecule has 0 bridgehead atoms. The van der Waals surface area contributed by atoms with E-state index in [0.717, 1.165) is 17.1 Å². The number of hydrogen-bond donors (Lipinski definition) is 0. The molecule has 4 nitrogen and oxygen atoms in total. The van der Waals surface area contributed by atoms with E-state index in [4.69, 9.17) is 0 Å². The zero-order valence-electron chi connectivity index (χ0n) is 11.9. The van der Waals surface area contributed by atoms with Crippen LogP contribution < -0.4 is 5.56 Å². The number of rotatable bonds is 2. The quantitative estimate of drug-likeness (QED) is 0.723. The molecule has 0 spiro atoms. The average molecular weight is 277 g/mol. The van der Waals surface area contributed by atoms with Gasteiger partial charge in [-0.2, -0.15) is 4.98 Å². The molecule has 0 amide bonds. The molecule has 0 fully saturated rings. The van der Waals surface area contributed by atoms with E-state index in [1.807, 2.05) is 66.9 Å². The van der Waals surface area contributed by atoms with Crippen LogP contribution in [0.1, 0.15) is 11.5 Å². The fourth-order valence-electron chi connectivity index (χ4n) is 2.52. The maximum absolute atomic E-state index is 12.3. The van der Waals surface area contributed by atoms with E-state index in [-0.39, 0.29) is 5.56 Å². The Kier molecular flexibility index (Phi) is 3.36. The molecular formula is C17H15N3O. The van der Waals surface area contributed by atoms with Gasteiger partial charge in [0.15, 0.2) is 0 Å². The zero-order valence-corrected chi connectivity index (χ0v) is 11.9. The highest BCUT2D eigenvalue weighted by atomic mass is 16.1. The lowest BCUT2D eigenvalue weighted by atomic mass is 10.1. The van der Waals surface area contributed by atoms with E-state index in [9.17, 15) is 4.79 Å². The van der Waals surface area contributed by atoms with Crippen LogP contribution in [0.25, 0.3) is 16.9 Å². The van der Waals surface area contributed by atoms with Gasteiger partial charge in [0, 0.05) is 11.9 Å². The molecule has 0 saturated heterocycles. The van der Waals surface area contributed by atoms with Crippen LogP contribution in [0, 0.1) is 13.8 Å². The van der Waals surface area contributed by atoms with Gasteiger partial charge in [0.2, 0.25) is 0 Å². The molecule has 0 radical (unpaired) electrons. The van der Waals surface area contributed by atoms with Crippen molar-refractivity contribution in [1.29, 1.82) is 0 Å². The maximum Gasteiger partial charge on any atom is 0.281 e. The summed E-state index contributed by atoms with van der Waals surface area (Å²) in [5.41, 5.74) is 2.13. The number of nitrogens with zero attached hydrogens (tertiary/aromatic N) is 3. The molecule has 0 N–H and O–H groups in total. The lowest BCUT2D eigenvalue weighted by Gasteiger charge is -2.15. The number of hydrogen-bond acceptors (Lipinski definition) is 3. The van der Waals surface area contributed by atoms with E-state index in [0.29, 0.717) is 11.4 Å². The Hall–Kier alpha value is -2.75. The minimum absolute atomic E-state index is 0.205. The normalized spacial score (nSPS) is 10.6. The second kappa shape index (κ2) is 5.32. The summed E-state index contributed by atoms with van der Waals surface area (Å²) < 4.78 is 1.91. The topological polar surface area (TPSA) is 47.8 Å². The number of aromatic nitrogens is 3. The van der Waals surface area contributed by atoms with Crippen molar-refractivity contribution in [3.8, 4) is 16.9 Å². The van der Waals surface area contributed by atoms with Crippen molar-refractivity contribution in [2.24, 2.45) is 0 Å². The first-order valence-electron chi connectivity index (χ1n) is 6.75. The lowest BCUT2D eigenvalue weighted by Crippen LogP contribution is -2.20. The minimum atomic E-state index is -0.205. The summed E-state index contributed by atoms with van der Waals surface area (Å²) in [7, 11) is 0. The number of benzene rings is 1. The molecular weight excluding hydrogens is 262 g/mol. The van der Waals surface area contributed by atoms with Crippen LogP contribution in [-0.2, 0) is 0 Å². The molecule has 0 aliphatic heterocycles. The summed E-state index contributed by atoms with van der Waals surface area (Å²) >= 11 is 0. The number of pyridine rings is 1. The van der Waals surface area contributed by atoms with E-state index in [1.165, 1.54) is 0 Å². The van der Waals surface area contributed by atoms with E-state index in [1.54, 1.807) is 6.20 Å². The van der Waals surface area contributed by atoms with Crippen LogP contribution in [0.15, 0.2) is 59.5 Å². The molecule has 0 aliphatic rings. The molecule has 0 saturated carbocycles. The number of aryl methyl sites for hydroxylation is 1. The highest BCUT2D eigenvalue weighted by molar-refractivity contribution is 5.65. The second-order valence-corrected chi connectivity index (χ2v) is 4.81. The predicted molar refractivity (Wildman–Crippen MR) is 82.5 cm³/mol. The summed E-state index contributed by atoms with van der Waals surface area (Å²) in [6, 6.07) is 15.3. The molecule has 4 heteroatoms. The summed E-state index contributed by atoms with van der Waals surface area (Å²) in [4.78, 5) is 20.8. The van der Waals surface area contributed by atoms with Crippen LogP contribution >= 0.6 is 0 Å². The summed E-state index contributed by atoms with van der Waals surface area (Å²) in [6.07, 6.45) is 1.73. The van der Waals surface area contributed by atoms with Gasteiger partial charge < -0.3 is 0 Å². The van der Waals surface area contributed by atoms with Crippen LogP contribution in [0.3, 0.4) is 0 Å². The molecule has 1 aromatic carbocycles. The van der Waals surface area contributed by atoms with E-state index >= 15 is 0 Å². The van der Waals surface area contributed by atoms with E-state index < -0.39 is 0 Å². The van der Waals surface area contributed by atoms with Crippen molar-refractivity contribution >= 4 is 0 Å². The first-order chi connectivity index (χ1) is 10.2. The third-order valence-electron chi connectivity index (χ3n) is 3.44. The molecule has 21 heavy (non-hydrogen) atoms. The van der Waals surface area contributed by atoms with Gasteiger partial charge in [0.25, 0.3) is 5.56 Å². The summed E-state index contributed by atoms with van der Waals surface area (Å²) in [5, 5.41) is 0. The summed E-state index contributed by atoms with van der Waals surface area (Å²) in [5.74, 6) is 1.40. The summed E-state index contributed by atoms with van der Waals surface area (Å²) in [6.45, 7) is 3.74. The predicted octanol–water partition coefficient (Wildman–Crippen LogP) is 2.91. The molecule has 0 atom stereocenters. The Bertz CT molecular complexity index is 824. The largest absolute Gasteiger partial charge is 0.286 e. The lowest BCUT2D eigenvalue weighted by molar-refractivity contribution is 0.832. The first-order valence-corrected chi connectivity index (χ1v) is 6.75. The van der Waals surface area contributed by atoms with E-state index in [2.05, 4.69) is 9.97 Å². The molecule has 0 unspecified atom stereocenters. The first kappa shape index (κ1) is 13.2. The Morgan fingerprint density at radius 1 is 0.952 bits per heavy atom. The third kappa shape index (κ3) is 2.36. The van der Waals surface area contributed by atoms with Gasteiger partial charge in [0.05, 0.1) is 5.56 Å². The maximum atomic E-state index is 12.3. The smallest absolute Gasteiger partial charge is 0.281 e. The SMILES string of the molecule is Cc1nc(=O)c(-c2ccccc2)c(C)n1-c1ccccn1. The Morgan fingerprint density at radius 2 is 1.67 bits per heavy atom. The molecule has 104 valence electrons. The van der Waals surface area contributed by atoms with Crippen molar-refractivity contribution in [3.05, 3.63) is 76.6 Å². The Labute approximate surface area is 122 Å². The Balaban J connectivity index is 2.31. The van der Waals surface area contributed by atoms with Crippen LogP contribution in [0.4, 0.5) is 0 Å². The van der Waals surface area contributed by atoms with Gasteiger partial charge in [-0.05, 0) is 31.5 Å². The van der Waals surface area contributed by atoms with Gasteiger partial charge in [-0.3, -0.25) is 9.36 Å². The van der Waals surface area contributed by atoms with Crippen molar-refractivity contribution in [1.82, 2.24) is 14.5 Å². The average Bonchev–Trinajstić information content (AvgIpc) is 2.49. The van der Waals surface area contributed by atoms with Crippen molar-refractivity contribution in [2.75, 3.05) is 0 Å². The molecule has 2 aromatic heterocycles. The minimum Gasteiger partial charge on any atom is -0.286 e. The molecule has 2 heterocycles. The van der Waals surface area contributed by atoms with Crippen molar-refractivity contribution in [3.63, 3.8) is 0 Å². The van der Waals surface area contributed by atoms with Gasteiger partial charge >= 0.3 is 0 Å². The van der Waals surface area contributed by atoms with Crippen LogP contribution in [-0.4, -0.2) is 14.5 Å². The van der Waals surface area contributed by atoms with Crippen molar-refractivity contribution in [2.45, 2.75) is 13.8 Å². The second-order valence-electron chi connectivity index (χ2n) is 4.81. The highest BCUT2D eigenvalue weighted by Gasteiger charge is 2.14. The standard InChI is InChI=1S/C17H15N3O/c1-12-16(14-8-4-3-5-9-14)17(21)19-13(2)20(12)15-10-6-7-11-18-15/h3-11H,1-2H3.